The lowest BCUT2D eigenvalue weighted by molar-refractivity contribution is 0.187. The van der Waals surface area contributed by atoms with Gasteiger partial charge >= 0.3 is 8.56 Å². The standard InChI is InChI=1S/C12H17F3O2Si/c1-4-16-18(3,17-5-2)8-10-11(14)6-9(13)7-12(10)15/h6-7H,4-5,8H2,1-3H3. The van der Waals surface area contributed by atoms with E-state index in [9.17, 15) is 13.2 Å². The second kappa shape index (κ2) is 6.35. The Bertz CT molecular complexity index is 383. The molecule has 0 aliphatic heterocycles. The van der Waals surface area contributed by atoms with Gasteiger partial charge in [0.05, 0.1) is 0 Å². The van der Waals surface area contributed by atoms with E-state index in [1.54, 1.807) is 20.4 Å². The summed E-state index contributed by atoms with van der Waals surface area (Å²) in [5, 5.41) is 0. The van der Waals surface area contributed by atoms with Gasteiger partial charge < -0.3 is 8.85 Å². The second-order valence-electron chi connectivity index (χ2n) is 4.02. The lowest BCUT2D eigenvalue weighted by Crippen LogP contribution is -2.42. The van der Waals surface area contributed by atoms with E-state index in [1.807, 2.05) is 0 Å². The third kappa shape index (κ3) is 3.83. The van der Waals surface area contributed by atoms with Gasteiger partial charge in [0.25, 0.3) is 0 Å². The zero-order valence-electron chi connectivity index (χ0n) is 10.7. The summed E-state index contributed by atoms with van der Waals surface area (Å²) < 4.78 is 50.9. The van der Waals surface area contributed by atoms with Gasteiger partial charge in [-0.1, -0.05) is 0 Å². The first-order valence-electron chi connectivity index (χ1n) is 5.83. The van der Waals surface area contributed by atoms with E-state index in [-0.39, 0.29) is 11.6 Å². The molecule has 18 heavy (non-hydrogen) atoms. The molecule has 0 heterocycles. The van der Waals surface area contributed by atoms with Gasteiger partial charge in [-0.2, -0.15) is 0 Å². The Balaban J connectivity index is 3.00. The number of halogens is 3. The van der Waals surface area contributed by atoms with Crippen LogP contribution in [0, 0.1) is 17.5 Å². The average molecular weight is 278 g/mol. The SMILES string of the molecule is CCO[Si](C)(Cc1c(F)cc(F)cc1F)OCC. The molecule has 0 spiro atoms. The Morgan fingerprint density at radius 2 is 1.44 bits per heavy atom. The zero-order chi connectivity index (χ0) is 13.8. The second-order valence-corrected chi connectivity index (χ2v) is 7.22. The molecule has 0 atom stereocenters. The van der Waals surface area contributed by atoms with Crippen molar-refractivity contribution >= 4 is 8.56 Å². The Morgan fingerprint density at radius 1 is 1.00 bits per heavy atom. The molecule has 0 bridgehead atoms. The predicted molar refractivity (Wildman–Crippen MR) is 64.9 cm³/mol. The fraction of sp³-hybridized carbons (Fsp3) is 0.500. The smallest absolute Gasteiger partial charge is 0.339 e. The van der Waals surface area contributed by atoms with Gasteiger partial charge in [0, 0.05) is 37.0 Å². The van der Waals surface area contributed by atoms with E-state index >= 15 is 0 Å². The van der Waals surface area contributed by atoms with E-state index in [2.05, 4.69) is 0 Å². The Hall–Kier alpha value is -0.853. The summed E-state index contributed by atoms with van der Waals surface area (Å²) in [5.41, 5.74) is -0.174. The molecule has 0 aliphatic carbocycles. The van der Waals surface area contributed by atoms with Gasteiger partial charge in [0.15, 0.2) is 0 Å². The van der Waals surface area contributed by atoms with Crippen LogP contribution in [0.4, 0.5) is 13.2 Å². The summed E-state index contributed by atoms with van der Waals surface area (Å²) in [7, 11) is -2.67. The topological polar surface area (TPSA) is 18.5 Å². The van der Waals surface area contributed by atoms with E-state index in [4.69, 9.17) is 8.85 Å². The molecular formula is C12H17F3O2Si. The van der Waals surface area contributed by atoms with E-state index < -0.39 is 26.0 Å². The Kier molecular flexibility index (Phi) is 5.37. The summed E-state index contributed by atoms with van der Waals surface area (Å²) in [6.45, 7) is 6.14. The summed E-state index contributed by atoms with van der Waals surface area (Å²) in [6, 6.07) is 1.36. The molecule has 0 amide bonds. The first-order chi connectivity index (χ1) is 8.41. The maximum Gasteiger partial charge on any atom is 0.339 e. The van der Waals surface area contributed by atoms with Crippen LogP contribution < -0.4 is 0 Å². The van der Waals surface area contributed by atoms with Gasteiger partial charge in [-0.3, -0.25) is 0 Å². The Morgan fingerprint density at radius 3 is 1.83 bits per heavy atom. The molecule has 0 saturated carbocycles. The van der Waals surface area contributed by atoms with E-state index in [0.717, 1.165) is 0 Å². The van der Waals surface area contributed by atoms with Crippen LogP contribution in [-0.2, 0) is 14.9 Å². The molecule has 0 radical (unpaired) electrons. The molecule has 0 N–H and O–H groups in total. The lowest BCUT2D eigenvalue weighted by atomic mass is 10.2. The summed E-state index contributed by atoms with van der Waals surface area (Å²) >= 11 is 0. The molecule has 6 heteroatoms. The fourth-order valence-corrected chi connectivity index (χ4v) is 4.31. The molecule has 2 nitrogen and oxygen atoms in total. The highest BCUT2D eigenvalue weighted by atomic mass is 28.4. The van der Waals surface area contributed by atoms with Gasteiger partial charge in [-0.15, -0.1) is 0 Å². The highest BCUT2D eigenvalue weighted by Gasteiger charge is 2.33. The zero-order valence-corrected chi connectivity index (χ0v) is 11.7. The maximum absolute atomic E-state index is 13.6. The van der Waals surface area contributed by atoms with Crippen molar-refractivity contribution in [1.29, 1.82) is 0 Å². The molecule has 0 aliphatic rings. The van der Waals surface area contributed by atoms with Crippen molar-refractivity contribution in [2.45, 2.75) is 26.4 Å². The highest BCUT2D eigenvalue weighted by molar-refractivity contribution is 6.65. The van der Waals surface area contributed by atoms with Gasteiger partial charge in [-0.05, 0) is 20.4 Å². The van der Waals surface area contributed by atoms with E-state index in [1.165, 1.54) is 0 Å². The van der Waals surface area contributed by atoms with Gasteiger partial charge in [0.1, 0.15) is 17.5 Å². The van der Waals surface area contributed by atoms with Crippen molar-refractivity contribution in [1.82, 2.24) is 0 Å². The quantitative estimate of drug-likeness (QED) is 0.743. The van der Waals surface area contributed by atoms with Crippen LogP contribution in [0.2, 0.25) is 6.55 Å². The van der Waals surface area contributed by atoms with Gasteiger partial charge in [0.2, 0.25) is 0 Å². The monoisotopic (exact) mass is 278 g/mol. The van der Waals surface area contributed by atoms with Crippen LogP contribution in [0.25, 0.3) is 0 Å². The van der Waals surface area contributed by atoms with Crippen LogP contribution in [0.15, 0.2) is 12.1 Å². The van der Waals surface area contributed by atoms with Crippen molar-refractivity contribution in [3.8, 4) is 0 Å². The van der Waals surface area contributed by atoms with Crippen molar-refractivity contribution in [3.05, 3.63) is 35.1 Å². The van der Waals surface area contributed by atoms with Crippen LogP contribution in [0.1, 0.15) is 19.4 Å². The maximum atomic E-state index is 13.6. The van der Waals surface area contributed by atoms with Crippen molar-refractivity contribution < 1.29 is 22.0 Å². The van der Waals surface area contributed by atoms with Crippen LogP contribution in [0.5, 0.6) is 0 Å². The van der Waals surface area contributed by atoms with Crippen molar-refractivity contribution in [2.24, 2.45) is 0 Å². The van der Waals surface area contributed by atoms with Crippen LogP contribution >= 0.6 is 0 Å². The largest absolute Gasteiger partial charge is 0.394 e. The molecule has 0 fully saturated rings. The summed E-state index contributed by atoms with van der Waals surface area (Å²) in [4.78, 5) is 0. The van der Waals surface area contributed by atoms with Gasteiger partial charge in [-0.25, -0.2) is 13.2 Å². The summed E-state index contributed by atoms with van der Waals surface area (Å²) in [6.07, 6.45) is 0. The minimum Gasteiger partial charge on any atom is -0.394 e. The molecule has 0 saturated heterocycles. The average Bonchev–Trinajstić information content (AvgIpc) is 2.24. The minimum atomic E-state index is -2.67. The predicted octanol–water partition coefficient (Wildman–Crippen LogP) is 3.33. The van der Waals surface area contributed by atoms with Crippen LogP contribution in [0.3, 0.4) is 0 Å². The lowest BCUT2D eigenvalue weighted by Gasteiger charge is -2.26. The third-order valence-electron chi connectivity index (χ3n) is 2.50. The van der Waals surface area contributed by atoms with Crippen LogP contribution in [-0.4, -0.2) is 21.8 Å². The number of hydrogen-bond acceptors (Lipinski definition) is 2. The molecule has 0 unspecified atom stereocenters. The molecule has 0 aromatic heterocycles. The normalized spacial score (nSPS) is 11.9. The number of rotatable bonds is 6. The Labute approximate surface area is 106 Å². The fourth-order valence-electron chi connectivity index (χ4n) is 1.82. The molecule has 1 aromatic carbocycles. The summed E-state index contributed by atoms with van der Waals surface area (Å²) in [5.74, 6) is -2.72. The molecular weight excluding hydrogens is 261 g/mol. The third-order valence-corrected chi connectivity index (χ3v) is 5.30. The number of benzene rings is 1. The first kappa shape index (κ1) is 15.2. The minimum absolute atomic E-state index is 0.0205. The molecule has 1 aromatic rings. The van der Waals surface area contributed by atoms with Crippen molar-refractivity contribution in [3.63, 3.8) is 0 Å². The number of hydrogen-bond donors (Lipinski definition) is 0. The van der Waals surface area contributed by atoms with Crippen molar-refractivity contribution in [2.75, 3.05) is 13.2 Å². The molecule has 102 valence electrons. The highest BCUT2D eigenvalue weighted by Crippen LogP contribution is 2.21. The van der Waals surface area contributed by atoms with E-state index in [0.29, 0.717) is 25.3 Å². The molecule has 1 rings (SSSR count). The first-order valence-corrected chi connectivity index (χ1v) is 8.35.